The smallest absolute Gasteiger partial charge is 0.246 e. The van der Waals surface area contributed by atoms with E-state index in [1.54, 1.807) is 27.1 Å². The summed E-state index contributed by atoms with van der Waals surface area (Å²) in [6.45, 7) is 1.12. The summed E-state index contributed by atoms with van der Waals surface area (Å²) >= 11 is 1.57. The number of benzene rings is 2. The summed E-state index contributed by atoms with van der Waals surface area (Å²) < 4.78 is 2.71. The minimum Gasteiger partial charge on any atom is -0.348 e. The van der Waals surface area contributed by atoms with E-state index in [0.29, 0.717) is 25.1 Å². The first-order valence-electron chi connectivity index (χ1n) is 14.9. The molecule has 13 heteroatoms. The third kappa shape index (κ3) is 6.94. The van der Waals surface area contributed by atoms with Crippen molar-refractivity contribution in [1.82, 2.24) is 40.4 Å². The number of thiazole rings is 1. The molecule has 0 unspecified atom stereocenters. The van der Waals surface area contributed by atoms with Crippen molar-refractivity contribution < 1.29 is 19.2 Å². The van der Waals surface area contributed by atoms with Crippen LogP contribution in [0.25, 0.3) is 10.2 Å². The van der Waals surface area contributed by atoms with Crippen LogP contribution in [0, 0.1) is 0 Å². The Balaban J connectivity index is 1.21. The zero-order valence-electron chi connectivity index (χ0n) is 24.2. The van der Waals surface area contributed by atoms with Gasteiger partial charge in [-0.2, -0.15) is 0 Å². The molecule has 2 aliphatic rings. The van der Waals surface area contributed by atoms with E-state index in [-0.39, 0.29) is 63.2 Å². The van der Waals surface area contributed by atoms with Crippen molar-refractivity contribution >= 4 is 45.2 Å². The van der Waals surface area contributed by atoms with Gasteiger partial charge >= 0.3 is 0 Å². The lowest BCUT2D eigenvalue weighted by molar-refractivity contribution is -0.150. The number of aromatic nitrogens is 4. The van der Waals surface area contributed by atoms with Gasteiger partial charge < -0.3 is 20.4 Å². The number of nitrogens with zero attached hydrogens (tertiary/aromatic N) is 6. The molecular formula is C31H34N8O4S. The minimum atomic E-state index is -0.932. The molecule has 0 spiro atoms. The highest BCUT2D eigenvalue weighted by Gasteiger charge is 2.39. The third-order valence-electron chi connectivity index (χ3n) is 7.95. The van der Waals surface area contributed by atoms with E-state index < -0.39 is 18.0 Å². The highest BCUT2D eigenvalue weighted by molar-refractivity contribution is 7.18. The van der Waals surface area contributed by atoms with Crippen LogP contribution in [0.15, 0.2) is 60.8 Å². The SMILES string of the molecule is O=C1CCCn2cc(nn2)CNC(=O)[C@H]2CN(C(=O)CCc3nc4ccccc4s3)CCN2C(=O)[C@H](Cc2ccccc2)N1. The zero-order valence-corrected chi connectivity index (χ0v) is 25.0. The fourth-order valence-corrected chi connectivity index (χ4v) is 6.61. The molecule has 0 aliphatic carbocycles. The van der Waals surface area contributed by atoms with Crippen molar-refractivity contribution in [3.8, 4) is 0 Å². The van der Waals surface area contributed by atoms with E-state index in [1.807, 2.05) is 54.6 Å². The second kappa shape index (κ2) is 13.3. The van der Waals surface area contributed by atoms with Crippen LogP contribution < -0.4 is 10.6 Å². The molecule has 1 fully saturated rings. The van der Waals surface area contributed by atoms with E-state index in [2.05, 4.69) is 25.9 Å². The van der Waals surface area contributed by atoms with Gasteiger partial charge in [0.2, 0.25) is 23.6 Å². The maximum atomic E-state index is 14.1. The van der Waals surface area contributed by atoms with Crippen molar-refractivity contribution in [2.45, 2.75) is 57.3 Å². The molecular weight excluding hydrogens is 580 g/mol. The summed E-state index contributed by atoms with van der Waals surface area (Å²) in [6.07, 6.45) is 3.50. The molecule has 1 saturated heterocycles. The maximum absolute atomic E-state index is 14.1. The van der Waals surface area contributed by atoms with Gasteiger partial charge in [-0.05, 0) is 24.1 Å². The van der Waals surface area contributed by atoms with Crippen molar-refractivity contribution in [1.29, 1.82) is 0 Å². The number of piperazine rings is 1. The number of hydrogen-bond acceptors (Lipinski definition) is 8. The predicted octanol–water partition coefficient (Wildman–Crippen LogP) is 1.70. The zero-order chi connectivity index (χ0) is 30.5. The third-order valence-corrected chi connectivity index (χ3v) is 9.04. The van der Waals surface area contributed by atoms with Gasteiger partial charge in [0, 0.05) is 45.3 Å². The number of rotatable bonds is 5. The molecule has 2 N–H and O–H groups in total. The molecule has 2 aliphatic heterocycles. The van der Waals surface area contributed by atoms with E-state index >= 15 is 0 Å². The van der Waals surface area contributed by atoms with Crippen LogP contribution in [0.3, 0.4) is 0 Å². The first kappa shape index (κ1) is 29.4. The maximum Gasteiger partial charge on any atom is 0.246 e. The van der Waals surface area contributed by atoms with Crippen LogP contribution in [0.5, 0.6) is 0 Å². The fraction of sp³-hybridized carbons (Fsp3) is 0.387. The Kier molecular flexibility index (Phi) is 8.91. The molecule has 2 atom stereocenters. The average Bonchev–Trinajstić information content (AvgIpc) is 3.68. The summed E-state index contributed by atoms with van der Waals surface area (Å²) in [5.41, 5.74) is 2.37. The highest BCUT2D eigenvalue weighted by Crippen LogP contribution is 2.23. The quantitative estimate of drug-likeness (QED) is 0.349. The molecule has 0 radical (unpaired) electrons. The number of nitrogens with one attached hydrogen (secondary N) is 2. The second-order valence-electron chi connectivity index (χ2n) is 11.1. The monoisotopic (exact) mass is 614 g/mol. The Morgan fingerprint density at radius 2 is 1.82 bits per heavy atom. The topological polar surface area (TPSA) is 142 Å². The Bertz CT molecular complexity index is 1620. The number of carbonyl (C=O) groups excluding carboxylic acids is 4. The molecule has 4 heterocycles. The standard InChI is InChI=1S/C31H34N8O4S/c40-27-11-6-14-38-19-22(35-36-38)18-32-30(42)25-20-37(29(41)13-12-28-34-23-9-4-5-10-26(23)44-28)15-16-39(25)31(43)24(33-27)17-21-7-2-1-3-8-21/h1-5,7-10,19,24-25H,6,11-18,20H2,(H,32,42)(H,33,40)/t24-,25+/m0/s1. The predicted molar refractivity (Wildman–Crippen MR) is 163 cm³/mol. The first-order valence-corrected chi connectivity index (χ1v) is 15.7. The number of amides is 4. The Morgan fingerprint density at radius 3 is 2.66 bits per heavy atom. The molecule has 228 valence electrons. The molecule has 44 heavy (non-hydrogen) atoms. The molecule has 6 rings (SSSR count). The lowest BCUT2D eigenvalue weighted by Gasteiger charge is -2.42. The van der Waals surface area contributed by atoms with Crippen LogP contribution in [0.2, 0.25) is 0 Å². The minimum absolute atomic E-state index is 0.0505. The lowest BCUT2D eigenvalue weighted by atomic mass is 10.0. The molecule has 4 aromatic rings. The lowest BCUT2D eigenvalue weighted by Crippen LogP contribution is -2.64. The molecule has 2 aromatic heterocycles. The first-order chi connectivity index (χ1) is 21.4. The summed E-state index contributed by atoms with van der Waals surface area (Å²) in [5.74, 6) is -1.09. The Hall–Kier alpha value is -4.65. The summed E-state index contributed by atoms with van der Waals surface area (Å²) in [4.78, 5) is 61.9. The van der Waals surface area contributed by atoms with Crippen LogP contribution in [0.4, 0.5) is 0 Å². The number of fused-ring (bicyclic) bond motifs is 4. The van der Waals surface area contributed by atoms with Crippen LogP contribution in [0.1, 0.15) is 35.5 Å². The van der Waals surface area contributed by atoms with Crippen LogP contribution in [-0.2, 0) is 45.1 Å². The average molecular weight is 615 g/mol. The van der Waals surface area contributed by atoms with Gasteiger partial charge in [-0.3, -0.25) is 23.9 Å². The van der Waals surface area contributed by atoms with Crippen molar-refractivity contribution in [3.05, 3.63) is 77.1 Å². The van der Waals surface area contributed by atoms with Crippen LogP contribution in [-0.4, -0.2) is 85.1 Å². The Labute approximate surface area is 258 Å². The Morgan fingerprint density at radius 1 is 1.00 bits per heavy atom. The van der Waals surface area contributed by atoms with E-state index in [9.17, 15) is 19.2 Å². The summed E-state index contributed by atoms with van der Waals surface area (Å²) in [7, 11) is 0. The highest BCUT2D eigenvalue weighted by atomic mass is 32.1. The molecule has 2 aromatic carbocycles. The number of carbonyl (C=O) groups is 4. The largest absolute Gasteiger partial charge is 0.348 e. The number of hydrogen-bond donors (Lipinski definition) is 2. The molecule has 0 saturated carbocycles. The number of aryl methyl sites for hydroxylation is 2. The van der Waals surface area contributed by atoms with E-state index in [0.717, 1.165) is 20.8 Å². The summed E-state index contributed by atoms with van der Waals surface area (Å²) in [6, 6.07) is 15.6. The van der Waals surface area contributed by atoms with Crippen LogP contribution >= 0.6 is 11.3 Å². The van der Waals surface area contributed by atoms with E-state index in [4.69, 9.17) is 0 Å². The van der Waals surface area contributed by atoms with Gasteiger partial charge in [-0.25, -0.2) is 4.98 Å². The molecule has 12 nitrogen and oxygen atoms in total. The van der Waals surface area contributed by atoms with Crippen molar-refractivity contribution in [2.24, 2.45) is 0 Å². The molecule has 4 amide bonds. The fourth-order valence-electron chi connectivity index (χ4n) is 5.64. The normalized spacial score (nSPS) is 20.0. The molecule has 2 bridgehead atoms. The van der Waals surface area contributed by atoms with Crippen molar-refractivity contribution in [3.63, 3.8) is 0 Å². The number of para-hydroxylation sites is 1. The second-order valence-corrected chi connectivity index (χ2v) is 12.2. The van der Waals surface area contributed by atoms with Crippen molar-refractivity contribution in [2.75, 3.05) is 19.6 Å². The van der Waals surface area contributed by atoms with Gasteiger partial charge in [0.15, 0.2) is 0 Å². The van der Waals surface area contributed by atoms with Gasteiger partial charge in [0.25, 0.3) is 0 Å². The van der Waals surface area contributed by atoms with Gasteiger partial charge in [0.1, 0.15) is 17.8 Å². The summed E-state index contributed by atoms with van der Waals surface area (Å²) in [5, 5.41) is 14.9. The van der Waals surface area contributed by atoms with Gasteiger partial charge in [-0.1, -0.05) is 47.7 Å². The van der Waals surface area contributed by atoms with E-state index in [1.165, 1.54) is 4.90 Å². The van der Waals surface area contributed by atoms with Gasteiger partial charge in [-0.15, -0.1) is 16.4 Å². The van der Waals surface area contributed by atoms with Gasteiger partial charge in [0.05, 0.1) is 34.5 Å².